The molecular weight excluding hydrogens is 3720 g/mol. The molecule has 4 aromatic rings. The molecule has 59 unspecified atom stereocenters. The molecule has 0 bridgehead atoms. The summed E-state index contributed by atoms with van der Waals surface area (Å²) in [5.41, 5.74) is 8.83. The zero-order chi connectivity index (χ0) is 108. The molecule has 8 nitrogen and oxygen atoms in total. The molecule has 3 N–H and O–H groups in total. The molecule has 814 valence electrons. The van der Waals surface area contributed by atoms with Crippen LogP contribution in [0, 0.1) is 5.82 Å². The first-order chi connectivity index (χ1) is 64.5. The zero-order valence-corrected chi connectivity index (χ0v) is 182. The minimum absolute atomic E-state index is 0.122. The summed E-state index contributed by atoms with van der Waals surface area (Å²) >= 11 is 0. The SMILES string of the molecule is CCC(C)S(=O)(=O)c1ccc(-c2cnc(N)c(-c3cc(-c4ccc(CNC)cc4F)no3)n2)cc1.PPP(P(P)P)P(P(P)P)P(P(P(P(P)P)P(P)P)P(P(P)P)P(P)P)P(P(P(P(P)P)P(P)P)P(P(P)P)P(P)P)P(P(P(P(P(P)P)P(P)P)P(P(P)P)P(P)P)P(P(P(P)P)P(P)P)P(P(P)P)P(P)P)P(P(P(P(P)P)P(P)P)P(P(P)P)P(P)P)P(P(P(P)P)P(P)P)P(P(P)P)P(P)P. The molecule has 0 aliphatic heterocycles. The molecule has 115 heteroatoms. The van der Waals surface area contributed by atoms with E-state index in [1.54, 1.807) is 50.4 Å². The number of anilines is 1. The molecule has 0 aliphatic carbocycles. The van der Waals surface area contributed by atoms with E-state index in [0.29, 0.717) is 35.5 Å². The highest BCUT2D eigenvalue weighted by Gasteiger charge is 2.68. The van der Waals surface area contributed by atoms with Crippen LogP contribution in [0.4, 0.5) is 10.2 Å². The number of aromatic nitrogens is 3. The van der Waals surface area contributed by atoms with E-state index < -0.39 is 363 Å². The lowest BCUT2D eigenvalue weighted by molar-refractivity contribution is 0.433. The van der Waals surface area contributed by atoms with Crippen molar-refractivity contribution in [1.29, 1.82) is 0 Å². The van der Waals surface area contributed by atoms with Gasteiger partial charge >= 0.3 is 0 Å². The molecular formula is C25H133FN5O3P105S. The van der Waals surface area contributed by atoms with Crippen molar-refractivity contribution in [3.05, 3.63) is 66.1 Å². The number of nitrogens with one attached hydrogen (secondary N) is 1. The number of benzene rings is 2. The van der Waals surface area contributed by atoms with Gasteiger partial charge in [-0.25, -0.2) is 22.8 Å². The summed E-state index contributed by atoms with van der Waals surface area (Å²) in [4.78, 5) is 9.01. The van der Waals surface area contributed by atoms with E-state index in [9.17, 15) is 12.8 Å². The first kappa shape index (κ1) is 176. The summed E-state index contributed by atoms with van der Waals surface area (Å²) in [5.74, 6) is -0.0587. The van der Waals surface area contributed by atoms with Crippen LogP contribution >= 0.6 is 838 Å². The van der Waals surface area contributed by atoms with E-state index in [4.69, 9.17) is 10.3 Å². The quantitative estimate of drug-likeness (QED) is 0.0419. The second-order valence-electron chi connectivity index (χ2n) is 24.9. The van der Waals surface area contributed by atoms with Crippen molar-refractivity contribution in [2.24, 2.45) is 0 Å². The third-order valence-electron chi connectivity index (χ3n) is 15.2. The lowest BCUT2D eigenvalue weighted by Gasteiger charge is -2.64. The Balaban J connectivity index is 0.00000118. The highest BCUT2D eigenvalue weighted by atomic mass is 33.7. The maximum absolute atomic E-state index is 14.6. The number of hydrogen-bond acceptors (Lipinski definition) is 8. The van der Waals surface area contributed by atoms with Crippen LogP contribution in [0.2, 0.25) is 0 Å². The highest BCUT2D eigenvalue weighted by molar-refractivity contribution is 9.61. The number of nitrogen functional groups attached to an aromatic ring is 1. The Morgan fingerprint density at radius 2 is 0.579 bits per heavy atom. The van der Waals surface area contributed by atoms with Crippen molar-refractivity contribution in [3.8, 4) is 34.0 Å². The first-order valence-corrected chi connectivity index (χ1v) is 228. The van der Waals surface area contributed by atoms with Gasteiger partial charge in [0.05, 0.1) is 22.0 Å². The van der Waals surface area contributed by atoms with E-state index in [-0.39, 0.29) is 36.1 Å². The number of nitrogens with two attached hydrogens (primary N) is 1. The minimum atomic E-state index is -3.39. The molecule has 0 aliphatic rings. The third kappa shape index (κ3) is 56.7. The van der Waals surface area contributed by atoms with Crippen molar-refractivity contribution < 1.29 is 17.3 Å². The molecule has 4 rings (SSSR count). The van der Waals surface area contributed by atoms with Gasteiger partial charge in [-0.1, -0.05) is 38.2 Å². The number of nitrogens with zero attached hydrogens (tertiary/aromatic N) is 3. The summed E-state index contributed by atoms with van der Waals surface area (Å²) < 4.78 is 45.2. The van der Waals surface area contributed by atoms with Gasteiger partial charge in [0.2, 0.25) is 0 Å². The second-order valence-corrected chi connectivity index (χ2v) is 463. The van der Waals surface area contributed by atoms with Gasteiger partial charge in [-0.15, -0.1) is 473 Å². The van der Waals surface area contributed by atoms with E-state index in [1.165, 1.54) is 12.3 Å². The van der Waals surface area contributed by atoms with Crippen molar-refractivity contribution in [2.75, 3.05) is 12.8 Å². The van der Waals surface area contributed by atoms with E-state index in [1.807, 2.05) is 13.0 Å². The normalized spacial score (nSPS) is 15.1. The number of rotatable bonds is 59. The molecule has 0 spiro atoms. The fourth-order valence-electron chi connectivity index (χ4n) is 10.1. The van der Waals surface area contributed by atoms with Crippen LogP contribution in [0.5, 0.6) is 0 Å². The Morgan fingerprint density at radius 1 is 0.343 bits per heavy atom. The summed E-state index contributed by atoms with van der Waals surface area (Å²) in [6.07, 6.45) is 2.02. The Morgan fingerprint density at radius 3 is 0.786 bits per heavy atom. The summed E-state index contributed by atoms with van der Waals surface area (Å²) in [6.45, 7) is -20.0. The Bertz CT molecular complexity index is 3880. The maximum atomic E-state index is 14.6. The zero-order valence-electron chi connectivity index (χ0n) is 73.5. The molecule has 0 saturated heterocycles. The van der Waals surface area contributed by atoms with Gasteiger partial charge in [-0.2, -0.15) is 0 Å². The predicted octanol–water partition coefficient (Wildman–Crippen LogP) is 66.3. The van der Waals surface area contributed by atoms with Crippen LogP contribution in [-0.4, -0.2) is 35.8 Å². The maximum Gasteiger partial charge on any atom is 0.189 e. The first-order valence-electron chi connectivity index (χ1n) is 35.1. The standard InChI is InChI=1S/C25H26FN5O3S.H107P105/c1-4-15(2)35(32,33)18-8-6-17(7-9-18)22-14-29-25(27)24(30-22)23-12-21(31-34-23)19-10-5-16(13-28-3)11-20(19)26;1-54-81(55(2)3)94(80(52)53)101(95(82(56(4)5)57(6)7)83(58(8)9)59(10)11)104(100(92(76(44)45)77(46)47)93(78(48)49)79(50)51)105(102(96(84(60(12)13)61(14)15)85(62(16)17)63(18)19)97(86(64(20)21)65(22)23)87(66(24)25)67(26)27)103(98(88(68(28)29)69(30)31)89(70(32)33)71(34)35)99(90(72(36)37)73(38)39)91(74(40)41)75(42)43/h5-12,14-15,28H,4,13H2,1-3H3,(H2,27,29);54H,1-53H2. The van der Waals surface area contributed by atoms with Gasteiger partial charge in [0, 0.05) is 23.7 Å². The van der Waals surface area contributed by atoms with Crippen LogP contribution in [-0.2, 0) is 16.4 Å². The number of sulfone groups is 1. The lowest BCUT2D eigenvalue weighted by atomic mass is 10.1. The Hall–Kier alpha value is 41.5. The minimum Gasteiger partial charge on any atom is -0.382 e. The molecule has 0 fully saturated rings. The van der Waals surface area contributed by atoms with Crippen LogP contribution in [0.3, 0.4) is 0 Å². The number of halogens is 1. The van der Waals surface area contributed by atoms with Gasteiger partial charge in [0.1, 0.15) is 11.5 Å². The van der Waals surface area contributed by atoms with Gasteiger partial charge in [0.15, 0.2) is 27.1 Å². The molecule has 140 heavy (non-hydrogen) atoms. The highest BCUT2D eigenvalue weighted by Crippen LogP contribution is 3.55. The average Bonchev–Trinajstić information content (AvgIpc) is 0.725. The number of hydrogen-bond donors (Lipinski definition) is 2. The van der Waals surface area contributed by atoms with Crippen molar-refractivity contribution in [2.45, 2.75) is 37.0 Å². The van der Waals surface area contributed by atoms with Gasteiger partial charge in [-0.3, -0.25) is 0 Å². The van der Waals surface area contributed by atoms with Crippen LogP contribution in [0.1, 0.15) is 25.8 Å². The van der Waals surface area contributed by atoms with Crippen LogP contribution in [0.15, 0.2) is 64.1 Å². The van der Waals surface area contributed by atoms with Gasteiger partial charge in [-0.05, 0) is 407 Å². The fraction of sp³-hybridized carbons (Fsp3) is 0.240. The van der Waals surface area contributed by atoms with Crippen LogP contribution in [0.25, 0.3) is 34.0 Å². The second kappa shape index (κ2) is 92.7. The summed E-state index contributed by atoms with van der Waals surface area (Å²) in [6, 6.07) is 12.9. The molecule has 2 aromatic carbocycles. The topological polar surface area (TPSA) is 124 Å². The third-order valence-corrected chi connectivity index (χ3v) is 765. The fourth-order valence-corrected chi connectivity index (χ4v) is 1580. The smallest absolute Gasteiger partial charge is 0.189 e. The van der Waals surface area contributed by atoms with Crippen molar-refractivity contribution in [3.63, 3.8) is 0 Å². The largest absolute Gasteiger partial charge is 0.382 e. The van der Waals surface area contributed by atoms with Gasteiger partial charge in [0.25, 0.3) is 0 Å². The average molecular weight is 3860 g/mol. The molecule has 0 radical (unpaired) electrons. The molecule has 0 amide bonds. The molecule has 2 aromatic heterocycles. The van der Waals surface area contributed by atoms with Crippen molar-refractivity contribution >= 4 is 853 Å². The van der Waals surface area contributed by atoms with E-state index in [2.05, 4.69) is 494 Å². The summed E-state index contributed by atoms with van der Waals surface area (Å²) in [5, 5.41) is 6.49. The van der Waals surface area contributed by atoms with Crippen molar-refractivity contribution in [1.82, 2.24) is 20.4 Å². The Kier molecular flexibility index (Phi) is 116. The lowest BCUT2D eigenvalue weighted by Crippen LogP contribution is -2.16. The summed E-state index contributed by atoms with van der Waals surface area (Å²) in [7, 11) is 202. The van der Waals surface area contributed by atoms with Crippen LogP contribution < -0.4 is 11.1 Å². The van der Waals surface area contributed by atoms with E-state index in [0.717, 1.165) is 13.5 Å². The monoisotopic (exact) mass is 3860 g/mol. The molecule has 59 atom stereocenters. The van der Waals surface area contributed by atoms with Gasteiger partial charge < -0.3 is 15.6 Å². The Labute approximate surface area is 1020 Å². The molecule has 0 saturated carbocycles. The predicted molar refractivity (Wildman–Crippen MR) is 1010 cm³/mol. The van der Waals surface area contributed by atoms with E-state index >= 15 is 0 Å². The molecule has 2 heterocycles.